The Morgan fingerprint density at radius 1 is 1.06 bits per heavy atom. The Morgan fingerprint density at radius 3 is 2.65 bits per heavy atom. The molecule has 0 spiro atoms. The second kappa shape index (κ2) is 7.91. The molecule has 0 fully saturated rings. The number of imidazole rings is 1. The van der Waals surface area contributed by atoms with Crippen LogP contribution in [-0.4, -0.2) is 20.4 Å². The van der Waals surface area contributed by atoms with Gasteiger partial charge in [-0.1, -0.05) is 30.3 Å². The van der Waals surface area contributed by atoms with E-state index in [4.69, 9.17) is 4.42 Å². The number of fused-ring (bicyclic) bond motifs is 1. The molecule has 0 saturated heterocycles. The van der Waals surface area contributed by atoms with Crippen LogP contribution < -0.4 is 5.32 Å². The number of pyridine rings is 1. The second-order valence-corrected chi connectivity index (χ2v) is 7.30. The number of hydrogen-bond donors (Lipinski definition) is 1. The summed E-state index contributed by atoms with van der Waals surface area (Å²) in [6.45, 7) is 2.71. The van der Waals surface area contributed by atoms with Crippen LogP contribution in [0.3, 0.4) is 0 Å². The van der Waals surface area contributed by atoms with Gasteiger partial charge in [0.2, 0.25) is 0 Å². The number of carbonyl (C=O) groups is 1. The van der Waals surface area contributed by atoms with Gasteiger partial charge in [0.1, 0.15) is 11.5 Å². The molecule has 0 aliphatic rings. The molecule has 0 saturated carbocycles. The van der Waals surface area contributed by atoms with Crippen LogP contribution in [0, 0.1) is 6.92 Å². The first kappa shape index (κ1) is 18.8. The third-order valence-electron chi connectivity index (χ3n) is 5.22. The van der Waals surface area contributed by atoms with Crippen LogP contribution in [0.1, 0.15) is 21.7 Å². The first-order chi connectivity index (χ1) is 15.2. The van der Waals surface area contributed by atoms with Gasteiger partial charge in [-0.25, -0.2) is 9.97 Å². The fourth-order valence-corrected chi connectivity index (χ4v) is 3.57. The van der Waals surface area contributed by atoms with Gasteiger partial charge in [-0.05, 0) is 48.9 Å². The van der Waals surface area contributed by atoms with Crippen molar-refractivity contribution in [3.63, 3.8) is 0 Å². The highest BCUT2D eigenvalue weighted by molar-refractivity contribution is 6.13. The molecule has 5 aromatic rings. The van der Waals surface area contributed by atoms with Crippen LogP contribution in [0.2, 0.25) is 0 Å². The summed E-state index contributed by atoms with van der Waals surface area (Å²) in [5.74, 6) is 1.40. The molecule has 0 radical (unpaired) electrons. The van der Waals surface area contributed by atoms with E-state index in [1.165, 1.54) is 0 Å². The number of hydrogen-bond acceptors (Lipinski definition) is 4. The number of furan rings is 1. The van der Waals surface area contributed by atoms with Gasteiger partial charge >= 0.3 is 0 Å². The minimum Gasteiger partial charge on any atom is -0.463 e. The van der Waals surface area contributed by atoms with Gasteiger partial charge in [0.15, 0.2) is 5.76 Å². The Bertz CT molecular complexity index is 1350. The zero-order valence-electron chi connectivity index (χ0n) is 16.9. The number of rotatable bonds is 5. The highest BCUT2D eigenvalue weighted by Crippen LogP contribution is 2.26. The molecule has 1 amide bonds. The maximum absolute atomic E-state index is 13.2. The van der Waals surface area contributed by atoms with E-state index in [-0.39, 0.29) is 5.91 Å². The molecule has 5 rings (SSSR count). The summed E-state index contributed by atoms with van der Waals surface area (Å²) in [4.78, 5) is 22.0. The van der Waals surface area contributed by atoms with Crippen molar-refractivity contribution in [1.29, 1.82) is 0 Å². The number of nitrogens with one attached hydrogen (secondary N) is 1. The number of aryl methyl sites for hydroxylation is 1. The van der Waals surface area contributed by atoms with E-state index >= 15 is 0 Å². The van der Waals surface area contributed by atoms with Crippen molar-refractivity contribution in [2.45, 2.75) is 13.5 Å². The standard InChI is InChI=1S/C25H20N4O2/c1-17-26-12-13-29(17)16-18-8-10-19(11-9-18)27-25(30)21-15-23(24-7-4-14-31-24)28-22-6-3-2-5-20(21)22/h2-15H,16H2,1H3,(H,27,30). The molecule has 2 aromatic carbocycles. The van der Waals surface area contributed by atoms with E-state index in [0.717, 1.165) is 34.5 Å². The Kier molecular flexibility index (Phi) is 4.80. The lowest BCUT2D eigenvalue weighted by Crippen LogP contribution is -2.13. The lowest BCUT2D eigenvalue weighted by molar-refractivity contribution is 0.102. The molecule has 3 heterocycles. The largest absolute Gasteiger partial charge is 0.463 e. The van der Waals surface area contributed by atoms with Crippen LogP contribution >= 0.6 is 0 Å². The predicted molar refractivity (Wildman–Crippen MR) is 120 cm³/mol. The predicted octanol–water partition coefficient (Wildman–Crippen LogP) is 5.30. The van der Waals surface area contributed by atoms with Crippen molar-refractivity contribution in [2.75, 3.05) is 5.32 Å². The topological polar surface area (TPSA) is 73.0 Å². The molecular formula is C25H20N4O2. The lowest BCUT2D eigenvalue weighted by Gasteiger charge is -2.11. The SMILES string of the molecule is Cc1nccn1Cc1ccc(NC(=O)c2cc(-c3ccco3)nc3ccccc23)cc1. The normalized spacial score (nSPS) is 11.0. The van der Waals surface area contributed by atoms with Crippen LogP contribution in [-0.2, 0) is 6.54 Å². The van der Waals surface area contributed by atoms with E-state index in [9.17, 15) is 4.79 Å². The summed E-state index contributed by atoms with van der Waals surface area (Å²) in [6, 6.07) is 20.9. The van der Waals surface area contributed by atoms with E-state index < -0.39 is 0 Å². The van der Waals surface area contributed by atoms with Gasteiger partial charge in [-0.2, -0.15) is 0 Å². The Morgan fingerprint density at radius 2 is 1.90 bits per heavy atom. The van der Waals surface area contributed by atoms with Gasteiger partial charge in [0.05, 0.1) is 17.3 Å². The minimum absolute atomic E-state index is 0.190. The second-order valence-electron chi connectivity index (χ2n) is 7.30. The smallest absolute Gasteiger partial charge is 0.256 e. The molecule has 1 N–H and O–H groups in total. The number of carbonyl (C=O) groups excluding carboxylic acids is 1. The fourth-order valence-electron chi connectivity index (χ4n) is 3.57. The summed E-state index contributed by atoms with van der Waals surface area (Å²) in [6.07, 6.45) is 5.34. The van der Waals surface area contributed by atoms with Crippen LogP contribution in [0.5, 0.6) is 0 Å². The quantitative estimate of drug-likeness (QED) is 0.428. The maximum atomic E-state index is 13.2. The molecule has 0 atom stereocenters. The van der Waals surface area contributed by atoms with Gasteiger partial charge in [-0.3, -0.25) is 4.79 Å². The van der Waals surface area contributed by atoms with Gasteiger partial charge in [-0.15, -0.1) is 0 Å². The molecular weight excluding hydrogens is 388 g/mol. The summed E-state index contributed by atoms with van der Waals surface area (Å²) in [5, 5.41) is 3.80. The highest BCUT2D eigenvalue weighted by Gasteiger charge is 2.15. The average Bonchev–Trinajstić information content (AvgIpc) is 3.47. The van der Waals surface area contributed by atoms with Crippen LogP contribution in [0.4, 0.5) is 5.69 Å². The van der Waals surface area contributed by atoms with E-state index in [2.05, 4.69) is 19.9 Å². The minimum atomic E-state index is -0.190. The van der Waals surface area contributed by atoms with Crippen LogP contribution in [0.25, 0.3) is 22.4 Å². The number of anilines is 1. The lowest BCUT2D eigenvalue weighted by atomic mass is 10.1. The van der Waals surface area contributed by atoms with Crippen molar-refractivity contribution >= 4 is 22.5 Å². The molecule has 0 aliphatic heterocycles. The number of nitrogens with zero attached hydrogens (tertiary/aromatic N) is 3. The van der Waals surface area contributed by atoms with E-state index in [0.29, 0.717) is 17.0 Å². The number of benzene rings is 2. The number of para-hydroxylation sites is 1. The molecule has 31 heavy (non-hydrogen) atoms. The van der Waals surface area contributed by atoms with Crippen LogP contribution in [0.15, 0.2) is 89.8 Å². The van der Waals surface area contributed by atoms with Crippen molar-refractivity contribution in [2.24, 2.45) is 0 Å². The zero-order chi connectivity index (χ0) is 21.2. The monoisotopic (exact) mass is 408 g/mol. The zero-order valence-corrected chi connectivity index (χ0v) is 16.9. The summed E-state index contributed by atoms with van der Waals surface area (Å²) in [5.41, 5.74) is 3.78. The van der Waals surface area contributed by atoms with Gasteiger partial charge in [0.25, 0.3) is 5.91 Å². The van der Waals surface area contributed by atoms with Crippen molar-refractivity contribution in [3.05, 3.63) is 102 Å². The summed E-state index contributed by atoms with van der Waals surface area (Å²) >= 11 is 0. The Hall–Kier alpha value is -4.19. The highest BCUT2D eigenvalue weighted by atomic mass is 16.3. The average molecular weight is 408 g/mol. The molecule has 152 valence electrons. The van der Waals surface area contributed by atoms with Gasteiger partial charge < -0.3 is 14.3 Å². The molecule has 0 bridgehead atoms. The molecule has 0 unspecified atom stereocenters. The molecule has 0 aliphatic carbocycles. The third-order valence-corrected chi connectivity index (χ3v) is 5.22. The molecule has 6 heteroatoms. The summed E-state index contributed by atoms with van der Waals surface area (Å²) in [7, 11) is 0. The van der Waals surface area contributed by atoms with Gasteiger partial charge in [0, 0.05) is 30.0 Å². The Balaban J connectivity index is 1.42. The maximum Gasteiger partial charge on any atom is 0.256 e. The summed E-state index contributed by atoms with van der Waals surface area (Å²) < 4.78 is 7.56. The first-order valence-corrected chi connectivity index (χ1v) is 9.99. The molecule has 3 aromatic heterocycles. The van der Waals surface area contributed by atoms with E-state index in [1.54, 1.807) is 24.6 Å². The number of amides is 1. The molecule has 6 nitrogen and oxygen atoms in total. The fraction of sp³-hybridized carbons (Fsp3) is 0.0800. The Labute approximate surface area is 179 Å². The number of aromatic nitrogens is 3. The van der Waals surface area contributed by atoms with Crippen molar-refractivity contribution in [1.82, 2.24) is 14.5 Å². The first-order valence-electron chi connectivity index (χ1n) is 9.99. The van der Waals surface area contributed by atoms with E-state index in [1.807, 2.05) is 67.7 Å². The third kappa shape index (κ3) is 3.83. The van der Waals surface area contributed by atoms with Crippen molar-refractivity contribution in [3.8, 4) is 11.5 Å². The van der Waals surface area contributed by atoms with Crippen molar-refractivity contribution < 1.29 is 9.21 Å².